The molecule has 0 saturated carbocycles. The molecule has 35 heavy (non-hydrogen) atoms. The number of nitrogens with zero attached hydrogens (tertiary/aromatic N) is 1. The number of hydrogen-bond donors (Lipinski definition) is 0. The van der Waals surface area contributed by atoms with Crippen molar-refractivity contribution < 1.29 is 5.79 Å². The first-order valence-electron chi connectivity index (χ1n) is 12.6. The zero-order chi connectivity index (χ0) is 25.4. The minimum absolute atomic E-state index is 0.791. The fraction of sp³-hybridized carbons (Fsp3) is 0.219. The van der Waals surface area contributed by atoms with E-state index in [4.69, 9.17) is 10.8 Å². The number of pyridine rings is 1. The number of fused-ring (bicyclic) bond motifs is 5. The Balaban J connectivity index is 1.63. The maximum atomic E-state index is 8.98. The van der Waals surface area contributed by atoms with Gasteiger partial charge in [0.05, 0.1) is 5.69 Å². The minimum Gasteiger partial charge on any atom is -0.455 e. The summed E-state index contributed by atoms with van der Waals surface area (Å²) in [6, 6.07) is 19.1. The first-order chi connectivity index (χ1) is 17.1. The van der Waals surface area contributed by atoms with Crippen LogP contribution in [0.1, 0.15) is 48.2 Å². The SMILES string of the molecule is [2H]C(C)(C)c1cc(-c2cccc3c2oc2c3ccc3sc(C)c(C)c32)ncc1-c1c(C)cccc1C. The summed E-state index contributed by atoms with van der Waals surface area (Å²) in [4.78, 5) is 6.27. The Morgan fingerprint density at radius 1 is 0.857 bits per heavy atom. The molecule has 3 aromatic heterocycles. The standard InChI is InChI=1S/C32H29NOS/c1-17(2)25-15-27(33-16-26(25)29-18(3)9-7-10-19(29)4)24-12-8-11-22-23-13-14-28-30(20(5)21(6)35-28)32(23)34-31(22)24/h7-17H,1-6H3/i17D. The summed E-state index contributed by atoms with van der Waals surface area (Å²) in [5.74, 6) is -0.791. The van der Waals surface area contributed by atoms with E-state index in [0.29, 0.717) is 0 Å². The van der Waals surface area contributed by atoms with Crippen molar-refractivity contribution in [3.8, 4) is 22.4 Å². The van der Waals surface area contributed by atoms with Crippen LogP contribution in [0.5, 0.6) is 0 Å². The number of rotatable bonds is 3. The zero-order valence-electron chi connectivity index (χ0n) is 22.0. The van der Waals surface area contributed by atoms with Gasteiger partial charge in [-0.1, -0.05) is 44.2 Å². The van der Waals surface area contributed by atoms with Crippen molar-refractivity contribution in [1.82, 2.24) is 4.98 Å². The van der Waals surface area contributed by atoms with E-state index < -0.39 is 5.89 Å². The van der Waals surface area contributed by atoms with Crippen LogP contribution in [-0.2, 0) is 0 Å². The summed E-state index contributed by atoms with van der Waals surface area (Å²) in [5, 5.41) is 3.44. The van der Waals surface area contributed by atoms with E-state index in [-0.39, 0.29) is 0 Å². The molecule has 0 spiro atoms. The van der Waals surface area contributed by atoms with Crippen LogP contribution in [0.15, 0.2) is 65.2 Å². The van der Waals surface area contributed by atoms with Crippen molar-refractivity contribution in [2.75, 3.05) is 0 Å². The first kappa shape index (κ1) is 20.9. The van der Waals surface area contributed by atoms with Gasteiger partial charge in [0.25, 0.3) is 0 Å². The smallest absolute Gasteiger partial charge is 0.144 e. The molecule has 0 fully saturated rings. The van der Waals surface area contributed by atoms with Gasteiger partial charge in [-0.2, -0.15) is 0 Å². The predicted molar refractivity (Wildman–Crippen MR) is 151 cm³/mol. The Kier molecular flexibility index (Phi) is 4.82. The number of furan rings is 1. The molecule has 0 aliphatic rings. The van der Waals surface area contributed by atoms with E-state index in [2.05, 4.69) is 82.3 Å². The highest BCUT2D eigenvalue weighted by Crippen LogP contribution is 2.43. The highest BCUT2D eigenvalue weighted by atomic mass is 32.1. The van der Waals surface area contributed by atoms with Gasteiger partial charge in [-0.15, -0.1) is 11.3 Å². The number of aromatic nitrogens is 1. The van der Waals surface area contributed by atoms with Crippen molar-refractivity contribution in [3.05, 3.63) is 87.9 Å². The van der Waals surface area contributed by atoms with Crippen molar-refractivity contribution in [2.24, 2.45) is 0 Å². The van der Waals surface area contributed by atoms with Crippen molar-refractivity contribution >= 4 is 43.4 Å². The zero-order valence-corrected chi connectivity index (χ0v) is 21.9. The normalized spacial score (nSPS) is 12.7. The molecule has 0 amide bonds. The van der Waals surface area contributed by atoms with Crippen LogP contribution in [0.25, 0.3) is 54.4 Å². The lowest BCUT2D eigenvalue weighted by molar-refractivity contribution is 0.673. The van der Waals surface area contributed by atoms with Crippen LogP contribution < -0.4 is 0 Å². The highest BCUT2D eigenvalue weighted by molar-refractivity contribution is 7.19. The lowest BCUT2D eigenvalue weighted by atomic mass is 9.88. The molecule has 0 saturated heterocycles. The topological polar surface area (TPSA) is 26.0 Å². The Morgan fingerprint density at radius 2 is 1.57 bits per heavy atom. The van der Waals surface area contributed by atoms with E-state index >= 15 is 0 Å². The third-order valence-electron chi connectivity index (χ3n) is 7.26. The first-order valence-corrected chi connectivity index (χ1v) is 12.9. The van der Waals surface area contributed by atoms with Gasteiger partial charge >= 0.3 is 0 Å². The molecule has 174 valence electrons. The average molecular weight is 477 g/mol. The number of para-hydroxylation sites is 1. The third-order valence-corrected chi connectivity index (χ3v) is 8.44. The van der Waals surface area contributed by atoms with E-state index in [1.54, 1.807) is 0 Å². The van der Waals surface area contributed by atoms with E-state index in [0.717, 1.165) is 44.3 Å². The molecule has 0 atom stereocenters. The number of thiophene rings is 1. The molecule has 0 radical (unpaired) electrons. The fourth-order valence-corrected chi connectivity index (χ4v) is 6.43. The summed E-state index contributed by atoms with van der Waals surface area (Å²) >= 11 is 1.82. The molecule has 0 aliphatic heterocycles. The number of hydrogen-bond acceptors (Lipinski definition) is 3. The lowest BCUT2D eigenvalue weighted by Crippen LogP contribution is -1.99. The van der Waals surface area contributed by atoms with E-state index in [1.165, 1.54) is 37.2 Å². The second kappa shape index (κ2) is 8.07. The third kappa shape index (κ3) is 3.33. The van der Waals surface area contributed by atoms with Crippen LogP contribution in [0, 0.1) is 27.7 Å². The Morgan fingerprint density at radius 3 is 2.31 bits per heavy atom. The van der Waals surface area contributed by atoms with Gasteiger partial charge in [0.2, 0.25) is 0 Å². The van der Waals surface area contributed by atoms with Gasteiger partial charge in [-0.25, -0.2) is 0 Å². The van der Waals surface area contributed by atoms with Gasteiger partial charge in [-0.3, -0.25) is 4.98 Å². The largest absolute Gasteiger partial charge is 0.455 e. The van der Waals surface area contributed by atoms with Crippen molar-refractivity contribution in [1.29, 1.82) is 0 Å². The predicted octanol–water partition coefficient (Wildman–Crippen LogP) is 9.89. The lowest BCUT2D eigenvalue weighted by Gasteiger charge is -2.18. The van der Waals surface area contributed by atoms with Gasteiger partial charge in [-0.05, 0) is 85.7 Å². The van der Waals surface area contributed by atoms with E-state index in [9.17, 15) is 0 Å². The van der Waals surface area contributed by atoms with Crippen molar-refractivity contribution in [2.45, 2.75) is 47.4 Å². The molecule has 6 rings (SSSR count). The molecule has 0 N–H and O–H groups in total. The van der Waals surface area contributed by atoms with Gasteiger partial charge < -0.3 is 4.42 Å². The molecule has 2 nitrogen and oxygen atoms in total. The maximum Gasteiger partial charge on any atom is 0.144 e. The fourth-order valence-electron chi connectivity index (χ4n) is 5.36. The Bertz CT molecular complexity index is 1800. The minimum atomic E-state index is -0.791. The van der Waals surface area contributed by atoms with Crippen LogP contribution in [0.3, 0.4) is 0 Å². The quantitative estimate of drug-likeness (QED) is 0.254. The molecule has 0 unspecified atom stereocenters. The van der Waals surface area contributed by atoms with Crippen LogP contribution in [-0.4, -0.2) is 4.98 Å². The van der Waals surface area contributed by atoms with Crippen molar-refractivity contribution in [3.63, 3.8) is 0 Å². The monoisotopic (exact) mass is 476 g/mol. The molecule has 0 aliphatic carbocycles. The molecule has 3 aromatic carbocycles. The maximum absolute atomic E-state index is 8.98. The van der Waals surface area contributed by atoms with Crippen LogP contribution in [0.4, 0.5) is 0 Å². The molecule has 3 heterocycles. The number of benzene rings is 3. The second-order valence-corrected chi connectivity index (χ2v) is 11.0. The second-order valence-electron chi connectivity index (χ2n) is 9.76. The van der Waals surface area contributed by atoms with Gasteiger partial charge in [0.15, 0.2) is 0 Å². The summed E-state index contributed by atoms with van der Waals surface area (Å²) in [7, 11) is 0. The summed E-state index contributed by atoms with van der Waals surface area (Å²) in [6.45, 7) is 12.5. The van der Waals surface area contributed by atoms with Gasteiger partial charge in [0.1, 0.15) is 11.2 Å². The van der Waals surface area contributed by atoms with Crippen LogP contribution >= 0.6 is 11.3 Å². The van der Waals surface area contributed by atoms with Crippen LogP contribution in [0.2, 0.25) is 0 Å². The average Bonchev–Trinajstić information content (AvgIpc) is 3.35. The molecular weight excluding hydrogens is 446 g/mol. The molecule has 0 bridgehead atoms. The molecular formula is C32H29NOS. The molecule has 3 heteroatoms. The molecule has 6 aromatic rings. The summed E-state index contributed by atoms with van der Waals surface area (Å²) in [6.07, 6.45) is 1.95. The summed E-state index contributed by atoms with van der Waals surface area (Å²) < 4.78 is 16.9. The van der Waals surface area contributed by atoms with Gasteiger partial charge in [0, 0.05) is 44.4 Å². The Labute approximate surface area is 211 Å². The summed E-state index contributed by atoms with van der Waals surface area (Å²) in [5.41, 5.74) is 10.4. The highest BCUT2D eigenvalue weighted by Gasteiger charge is 2.20. The van der Waals surface area contributed by atoms with E-state index in [1.807, 2.05) is 31.4 Å². The number of aryl methyl sites for hydroxylation is 4. The Hall–Kier alpha value is -3.43.